The molecule has 7 atom stereocenters. The second-order valence-electron chi connectivity index (χ2n) is 11.9. The predicted octanol–water partition coefficient (Wildman–Crippen LogP) is 5.09. The van der Waals surface area contributed by atoms with Gasteiger partial charge in [-0.3, -0.25) is 14.6 Å². The largest absolute Gasteiger partial charge is 0.457 e. The number of nitrogens with zero attached hydrogens (tertiary/aromatic N) is 1. The third-order valence-corrected chi connectivity index (χ3v) is 8.65. The molecule has 2 N–H and O–H groups in total. The Morgan fingerprint density at radius 1 is 1.18 bits per heavy atom. The summed E-state index contributed by atoms with van der Waals surface area (Å²) in [5.41, 5.74) is 0.0287. The van der Waals surface area contributed by atoms with Crippen molar-refractivity contribution in [3.8, 4) is 0 Å². The minimum absolute atomic E-state index is 0.0793. The number of ketones is 1. The van der Waals surface area contributed by atoms with Crippen LogP contribution in [0, 0.1) is 17.3 Å². The zero-order valence-corrected chi connectivity index (χ0v) is 22.9. The van der Waals surface area contributed by atoms with E-state index in [1.807, 2.05) is 37.3 Å². The average molecular weight is 524 g/mol. The van der Waals surface area contributed by atoms with Crippen LogP contribution in [0.1, 0.15) is 77.9 Å². The van der Waals surface area contributed by atoms with E-state index in [-0.39, 0.29) is 29.8 Å². The number of esters is 1. The summed E-state index contributed by atoms with van der Waals surface area (Å²) in [6.07, 6.45) is 3.37. The molecule has 2 aliphatic rings. The molecule has 206 valence electrons. The number of benzene rings is 1. The number of carbonyl (C=O) groups is 2. The first-order chi connectivity index (χ1) is 18.0. The maximum atomic E-state index is 13.6. The molecule has 2 fully saturated rings. The normalized spacial score (nSPS) is 34.8. The lowest BCUT2D eigenvalue weighted by Crippen LogP contribution is -2.46. The zero-order valence-electron chi connectivity index (χ0n) is 22.9. The summed E-state index contributed by atoms with van der Waals surface area (Å²) in [6, 6.07) is 9.68. The van der Waals surface area contributed by atoms with Crippen LogP contribution in [-0.4, -0.2) is 50.9 Å². The number of ether oxygens (including phenoxy) is 2. The van der Waals surface area contributed by atoms with Gasteiger partial charge in [0.25, 0.3) is 0 Å². The Balaban J connectivity index is 1.63. The van der Waals surface area contributed by atoms with Gasteiger partial charge >= 0.3 is 5.97 Å². The highest BCUT2D eigenvalue weighted by molar-refractivity contribution is 5.88. The van der Waals surface area contributed by atoms with Crippen molar-refractivity contribution in [1.29, 1.82) is 0 Å². The third-order valence-electron chi connectivity index (χ3n) is 8.65. The number of pyridine rings is 1. The Morgan fingerprint density at radius 2 is 1.95 bits per heavy atom. The Kier molecular flexibility index (Phi) is 8.40. The summed E-state index contributed by atoms with van der Waals surface area (Å²) in [4.78, 5) is 31.2. The van der Waals surface area contributed by atoms with Crippen molar-refractivity contribution >= 4 is 22.7 Å². The van der Waals surface area contributed by atoms with E-state index >= 15 is 0 Å². The molecule has 38 heavy (non-hydrogen) atoms. The molecule has 2 saturated heterocycles. The van der Waals surface area contributed by atoms with Crippen molar-refractivity contribution in [2.45, 2.75) is 96.2 Å². The van der Waals surface area contributed by atoms with E-state index in [1.54, 1.807) is 26.1 Å². The van der Waals surface area contributed by atoms with Gasteiger partial charge < -0.3 is 19.7 Å². The first kappa shape index (κ1) is 28.4. The van der Waals surface area contributed by atoms with E-state index in [2.05, 4.69) is 18.5 Å². The number of allylic oxidation sites excluding steroid dienone is 1. The number of aliphatic hydroxyl groups is 2. The number of fused-ring (bicyclic) bond motifs is 2. The molecule has 0 saturated carbocycles. The van der Waals surface area contributed by atoms with Crippen molar-refractivity contribution < 1.29 is 29.3 Å². The van der Waals surface area contributed by atoms with Crippen molar-refractivity contribution in [2.24, 2.45) is 17.3 Å². The molecule has 0 unspecified atom stereocenters. The number of epoxide rings is 1. The Bertz CT molecular complexity index is 1180. The number of hydrogen-bond acceptors (Lipinski definition) is 7. The van der Waals surface area contributed by atoms with Crippen LogP contribution in [0.3, 0.4) is 0 Å². The molecule has 0 amide bonds. The first-order valence-corrected chi connectivity index (χ1v) is 13.7. The fourth-order valence-electron chi connectivity index (χ4n) is 5.72. The van der Waals surface area contributed by atoms with E-state index in [0.29, 0.717) is 12.8 Å². The minimum Gasteiger partial charge on any atom is -0.457 e. The molecule has 1 aromatic carbocycles. The van der Waals surface area contributed by atoms with E-state index in [4.69, 9.17) is 9.47 Å². The SMILES string of the molecule is C=CC[C@H]1C(=O)C(C)(C)[C@@H](O)CC(=O)O[C@H](c2ccc3cccnc3c2)C[C@H]2O[C@@]2(C)CCC[C@H](C)[C@@H]1O. The monoisotopic (exact) mass is 523 g/mol. The molecule has 1 aromatic heterocycles. The Morgan fingerprint density at radius 3 is 2.68 bits per heavy atom. The van der Waals surface area contributed by atoms with Crippen LogP contribution in [0.5, 0.6) is 0 Å². The van der Waals surface area contributed by atoms with Crippen LogP contribution in [0.2, 0.25) is 0 Å². The second-order valence-corrected chi connectivity index (χ2v) is 11.9. The molecule has 7 heteroatoms. The molecule has 0 spiro atoms. The summed E-state index contributed by atoms with van der Waals surface area (Å²) >= 11 is 0. The van der Waals surface area contributed by atoms with Crippen molar-refractivity contribution in [3.63, 3.8) is 0 Å². The number of aromatic nitrogens is 1. The maximum Gasteiger partial charge on any atom is 0.309 e. The smallest absolute Gasteiger partial charge is 0.309 e. The van der Waals surface area contributed by atoms with Gasteiger partial charge in [-0.2, -0.15) is 0 Å². The standard InChI is InChI=1S/C31H41NO6/c1-6-9-22-28(35)19(2)10-7-14-31(5)26(38-31)17-24(21-13-12-20-11-8-15-32-23(20)16-21)37-27(34)18-25(33)30(3,4)29(22)36/h6,8,11-13,15-16,19,22,24-26,28,33,35H,1,7,9-10,14,17-18H2,2-5H3/t19-,22+,24-,25-,26+,28-,31-/m0/s1. The quantitative estimate of drug-likeness (QED) is 0.328. The molecule has 3 heterocycles. The minimum atomic E-state index is -1.27. The lowest BCUT2D eigenvalue weighted by Gasteiger charge is -2.35. The van der Waals surface area contributed by atoms with Gasteiger partial charge in [0.15, 0.2) is 0 Å². The summed E-state index contributed by atoms with van der Waals surface area (Å²) in [5, 5.41) is 23.2. The van der Waals surface area contributed by atoms with Crippen LogP contribution in [0.25, 0.3) is 10.9 Å². The van der Waals surface area contributed by atoms with Crippen molar-refractivity contribution in [3.05, 3.63) is 54.7 Å². The van der Waals surface area contributed by atoms with Crippen LogP contribution in [0.4, 0.5) is 0 Å². The molecule has 2 aromatic rings. The Hall–Kier alpha value is -2.61. The van der Waals surface area contributed by atoms with Gasteiger partial charge in [0.05, 0.1) is 41.3 Å². The molecular formula is C31H41NO6. The number of aliphatic hydroxyl groups excluding tert-OH is 2. The molecule has 2 aliphatic heterocycles. The van der Waals surface area contributed by atoms with Gasteiger partial charge in [-0.1, -0.05) is 51.5 Å². The lowest BCUT2D eigenvalue weighted by atomic mass is 9.71. The van der Waals surface area contributed by atoms with E-state index in [0.717, 1.165) is 35.7 Å². The summed E-state index contributed by atoms with van der Waals surface area (Å²) < 4.78 is 12.1. The van der Waals surface area contributed by atoms with E-state index in [9.17, 15) is 19.8 Å². The van der Waals surface area contributed by atoms with Crippen LogP contribution >= 0.6 is 0 Å². The maximum absolute atomic E-state index is 13.6. The number of cyclic esters (lactones) is 1. The average Bonchev–Trinajstić information content (AvgIpc) is 3.53. The summed E-state index contributed by atoms with van der Waals surface area (Å²) in [7, 11) is 0. The van der Waals surface area contributed by atoms with Gasteiger partial charge in [0, 0.05) is 23.9 Å². The first-order valence-electron chi connectivity index (χ1n) is 13.7. The number of hydrogen-bond donors (Lipinski definition) is 2. The van der Waals surface area contributed by atoms with Crippen LogP contribution < -0.4 is 0 Å². The molecule has 4 rings (SSSR count). The summed E-state index contributed by atoms with van der Waals surface area (Å²) in [5.74, 6) is -1.70. The van der Waals surface area contributed by atoms with Gasteiger partial charge in [-0.25, -0.2) is 0 Å². The molecule has 0 aliphatic carbocycles. The third kappa shape index (κ3) is 6.00. The lowest BCUT2D eigenvalue weighted by molar-refractivity contribution is -0.156. The predicted molar refractivity (Wildman–Crippen MR) is 145 cm³/mol. The van der Waals surface area contributed by atoms with Gasteiger partial charge in [-0.05, 0) is 49.8 Å². The van der Waals surface area contributed by atoms with Gasteiger partial charge in [-0.15, -0.1) is 6.58 Å². The van der Waals surface area contributed by atoms with Crippen LogP contribution in [0.15, 0.2) is 49.2 Å². The highest BCUT2D eigenvalue weighted by atomic mass is 16.6. The number of Topliss-reactive ketones (excluding diaryl/α,β-unsaturated/α-hetero) is 1. The zero-order chi connectivity index (χ0) is 27.7. The topological polar surface area (TPSA) is 109 Å². The van der Waals surface area contributed by atoms with Crippen LogP contribution in [-0.2, 0) is 19.1 Å². The van der Waals surface area contributed by atoms with Gasteiger partial charge in [0.2, 0.25) is 0 Å². The highest BCUT2D eigenvalue weighted by Gasteiger charge is 2.53. The van der Waals surface area contributed by atoms with Crippen molar-refractivity contribution in [1.82, 2.24) is 4.98 Å². The second kappa shape index (κ2) is 11.2. The molecule has 0 radical (unpaired) electrons. The van der Waals surface area contributed by atoms with Crippen molar-refractivity contribution in [2.75, 3.05) is 0 Å². The van der Waals surface area contributed by atoms with E-state index in [1.165, 1.54) is 0 Å². The fraction of sp³-hybridized carbons (Fsp3) is 0.581. The van der Waals surface area contributed by atoms with E-state index < -0.39 is 35.6 Å². The highest BCUT2D eigenvalue weighted by Crippen LogP contribution is 2.46. The molecule has 7 nitrogen and oxygen atoms in total. The number of rotatable bonds is 3. The number of carbonyl (C=O) groups excluding carboxylic acids is 2. The molecule has 0 bridgehead atoms. The summed E-state index contributed by atoms with van der Waals surface area (Å²) in [6.45, 7) is 11.0. The Labute approximate surface area is 225 Å². The molecular weight excluding hydrogens is 482 g/mol. The fourth-order valence-corrected chi connectivity index (χ4v) is 5.72. The van der Waals surface area contributed by atoms with Gasteiger partial charge in [0.1, 0.15) is 11.9 Å².